The van der Waals surface area contributed by atoms with Gasteiger partial charge in [-0.2, -0.15) is 5.10 Å². The van der Waals surface area contributed by atoms with E-state index in [2.05, 4.69) is 15.4 Å². The second kappa shape index (κ2) is 6.99. The number of nitrogens with one attached hydrogen (secondary N) is 1. The van der Waals surface area contributed by atoms with E-state index in [1.54, 1.807) is 6.07 Å². The lowest BCUT2D eigenvalue weighted by molar-refractivity contribution is -0.122. The standard InChI is InChI=1S/C18H18N4O4S/c1-3-15-20-16-17(27-15)10(2)21-22(18(16)24)8-14(23)19-7-11-4-5-12-13(6-11)26-9-25-12/h4-6H,3,7-9H2,1-2H3,(H,19,23). The number of hydrogen-bond donors (Lipinski definition) is 1. The van der Waals surface area contributed by atoms with Crippen molar-refractivity contribution in [1.82, 2.24) is 20.1 Å². The summed E-state index contributed by atoms with van der Waals surface area (Å²) in [5, 5.41) is 7.95. The van der Waals surface area contributed by atoms with E-state index in [9.17, 15) is 9.59 Å². The molecule has 0 fully saturated rings. The van der Waals surface area contributed by atoms with Gasteiger partial charge in [-0.05, 0) is 31.0 Å². The largest absolute Gasteiger partial charge is 0.454 e. The third kappa shape index (κ3) is 3.37. The van der Waals surface area contributed by atoms with Gasteiger partial charge in [-0.1, -0.05) is 13.0 Å². The highest BCUT2D eigenvalue weighted by Gasteiger charge is 2.16. The molecular weight excluding hydrogens is 368 g/mol. The molecule has 9 heteroatoms. The summed E-state index contributed by atoms with van der Waals surface area (Å²) in [6.07, 6.45) is 0.758. The van der Waals surface area contributed by atoms with Crippen molar-refractivity contribution < 1.29 is 14.3 Å². The van der Waals surface area contributed by atoms with Gasteiger partial charge in [-0.25, -0.2) is 9.67 Å². The average molecular weight is 386 g/mol. The van der Waals surface area contributed by atoms with E-state index in [4.69, 9.17) is 9.47 Å². The van der Waals surface area contributed by atoms with Crippen LogP contribution in [0, 0.1) is 6.92 Å². The summed E-state index contributed by atoms with van der Waals surface area (Å²) in [6, 6.07) is 5.49. The number of aromatic nitrogens is 3. The molecule has 3 aromatic rings. The van der Waals surface area contributed by atoms with E-state index in [1.807, 2.05) is 26.0 Å². The number of fused-ring (bicyclic) bond motifs is 2. The Morgan fingerprint density at radius 3 is 2.96 bits per heavy atom. The summed E-state index contributed by atoms with van der Waals surface area (Å²) in [7, 11) is 0. The third-order valence-electron chi connectivity index (χ3n) is 4.23. The minimum atomic E-state index is -0.343. The smallest absolute Gasteiger partial charge is 0.294 e. The Bertz CT molecular complexity index is 1090. The van der Waals surface area contributed by atoms with Crippen LogP contribution in [0.2, 0.25) is 0 Å². The Balaban J connectivity index is 1.48. The maximum absolute atomic E-state index is 12.6. The molecule has 0 bridgehead atoms. The van der Waals surface area contributed by atoms with Crippen LogP contribution in [0.1, 0.15) is 23.2 Å². The molecule has 0 aliphatic carbocycles. The van der Waals surface area contributed by atoms with Crippen molar-refractivity contribution >= 4 is 27.5 Å². The summed E-state index contributed by atoms with van der Waals surface area (Å²) in [5.74, 6) is 1.06. The van der Waals surface area contributed by atoms with Crippen LogP contribution >= 0.6 is 11.3 Å². The fourth-order valence-electron chi connectivity index (χ4n) is 2.85. The van der Waals surface area contributed by atoms with E-state index in [1.165, 1.54) is 16.0 Å². The number of benzene rings is 1. The monoisotopic (exact) mass is 386 g/mol. The predicted molar refractivity (Wildman–Crippen MR) is 100 cm³/mol. The number of carbonyl (C=O) groups excluding carboxylic acids is 1. The molecular formula is C18H18N4O4S. The number of hydrogen-bond acceptors (Lipinski definition) is 7. The molecule has 1 N–H and O–H groups in total. The van der Waals surface area contributed by atoms with Gasteiger partial charge in [-0.15, -0.1) is 11.3 Å². The highest BCUT2D eigenvalue weighted by Crippen LogP contribution is 2.32. The molecule has 0 radical (unpaired) electrons. The zero-order chi connectivity index (χ0) is 19.0. The highest BCUT2D eigenvalue weighted by atomic mass is 32.1. The van der Waals surface area contributed by atoms with Crippen molar-refractivity contribution in [3.05, 3.63) is 44.8 Å². The predicted octanol–water partition coefficient (Wildman–Crippen LogP) is 1.77. The number of thiazole rings is 1. The van der Waals surface area contributed by atoms with Crippen LogP contribution in [-0.4, -0.2) is 27.5 Å². The fraction of sp³-hybridized carbons (Fsp3) is 0.333. The molecule has 8 nitrogen and oxygen atoms in total. The Kier molecular flexibility index (Phi) is 4.53. The van der Waals surface area contributed by atoms with Crippen molar-refractivity contribution in [1.29, 1.82) is 0 Å². The van der Waals surface area contributed by atoms with E-state index in [0.29, 0.717) is 29.3 Å². The summed E-state index contributed by atoms with van der Waals surface area (Å²) in [4.78, 5) is 29.3. The molecule has 1 aliphatic heterocycles. The first-order chi connectivity index (χ1) is 13.0. The molecule has 1 aliphatic rings. The van der Waals surface area contributed by atoms with E-state index in [0.717, 1.165) is 21.7 Å². The van der Waals surface area contributed by atoms with Crippen molar-refractivity contribution in [2.45, 2.75) is 33.4 Å². The molecule has 1 amide bonds. The molecule has 3 heterocycles. The van der Waals surface area contributed by atoms with Gasteiger partial charge in [0.25, 0.3) is 5.56 Å². The van der Waals surface area contributed by atoms with Crippen LogP contribution in [0.25, 0.3) is 10.2 Å². The minimum absolute atomic E-state index is 0.154. The highest BCUT2D eigenvalue weighted by molar-refractivity contribution is 7.18. The molecule has 1 aromatic carbocycles. The van der Waals surface area contributed by atoms with Crippen LogP contribution in [0.5, 0.6) is 11.5 Å². The zero-order valence-electron chi connectivity index (χ0n) is 14.9. The first-order valence-corrected chi connectivity index (χ1v) is 9.39. The van der Waals surface area contributed by atoms with Crippen molar-refractivity contribution in [2.75, 3.05) is 6.79 Å². The summed E-state index contributed by atoms with van der Waals surface area (Å²) in [5.41, 5.74) is 1.62. The molecule has 4 rings (SSSR count). The van der Waals surface area contributed by atoms with Gasteiger partial charge < -0.3 is 14.8 Å². The number of amides is 1. The summed E-state index contributed by atoms with van der Waals surface area (Å²) in [6.45, 7) is 4.18. The quantitative estimate of drug-likeness (QED) is 0.718. The zero-order valence-corrected chi connectivity index (χ0v) is 15.8. The fourth-order valence-corrected chi connectivity index (χ4v) is 3.79. The molecule has 0 spiro atoms. The van der Waals surface area contributed by atoms with Gasteiger partial charge in [-0.3, -0.25) is 9.59 Å². The average Bonchev–Trinajstić information content (AvgIpc) is 3.30. The Hall–Kier alpha value is -2.94. The van der Waals surface area contributed by atoms with Crippen LogP contribution < -0.4 is 20.3 Å². The lowest BCUT2D eigenvalue weighted by atomic mass is 10.2. The lowest BCUT2D eigenvalue weighted by Crippen LogP contribution is -2.33. The van der Waals surface area contributed by atoms with Gasteiger partial charge in [0.05, 0.1) is 15.4 Å². The van der Waals surface area contributed by atoms with Gasteiger partial charge >= 0.3 is 0 Å². The first kappa shape index (κ1) is 17.5. The molecule has 0 unspecified atom stereocenters. The Labute approximate surface area is 158 Å². The number of aryl methyl sites for hydroxylation is 2. The maximum atomic E-state index is 12.6. The van der Waals surface area contributed by atoms with Gasteiger partial charge in [0.15, 0.2) is 17.0 Å². The van der Waals surface area contributed by atoms with Crippen LogP contribution in [0.4, 0.5) is 0 Å². The number of nitrogens with zero attached hydrogens (tertiary/aromatic N) is 3. The molecule has 0 saturated carbocycles. The SMILES string of the molecule is CCc1nc2c(=O)n(CC(=O)NCc3ccc4c(c3)OCO4)nc(C)c2s1. The number of rotatable bonds is 5. The maximum Gasteiger partial charge on any atom is 0.294 e. The first-order valence-electron chi connectivity index (χ1n) is 8.57. The number of carbonyl (C=O) groups is 1. The van der Waals surface area contributed by atoms with Gasteiger partial charge in [0.2, 0.25) is 12.7 Å². The second-order valence-corrected chi connectivity index (χ2v) is 7.24. The van der Waals surface area contributed by atoms with Crippen LogP contribution in [0.15, 0.2) is 23.0 Å². The van der Waals surface area contributed by atoms with Crippen molar-refractivity contribution in [3.63, 3.8) is 0 Å². The van der Waals surface area contributed by atoms with E-state index < -0.39 is 0 Å². The second-order valence-electron chi connectivity index (χ2n) is 6.15. The van der Waals surface area contributed by atoms with Crippen molar-refractivity contribution in [3.8, 4) is 11.5 Å². The topological polar surface area (TPSA) is 95.3 Å². The Morgan fingerprint density at radius 2 is 2.15 bits per heavy atom. The summed E-state index contributed by atoms with van der Waals surface area (Å²) < 4.78 is 12.6. The van der Waals surface area contributed by atoms with E-state index >= 15 is 0 Å². The van der Waals surface area contributed by atoms with Gasteiger partial charge in [0, 0.05) is 6.54 Å². The third-order valence-corrected chi connectivity index (χ3v) is 5.54. The lowest BCUT2D eigenvalue weighted by Gasteiger charge is -2.08. The normalized spacial score (nSPS) is 12.5. The molecule has 140 valence electrons. The molecule has 2 aromatic heterocycles. The summed E-state index contributed by atoms with van der Waals surface area (Å²) >= 11 is 1.47. The molecule has 27 heavy (non-hydrogen) atoms. The Morgan fingerprint density at radius 1 is 1.33 bits per heavy atom. The minimum Gasteiger partial charge on any atom is -0.454 e. The molecule has 0 saturated heterocycles. The van der Waals surface area contributed by atoms with Crippen LogP contribution in [0.3, 0.4) is 0 Å². The number of ether oxygens (including phenoxy) is 2. The van der Waals surface area contributed by atoms with Crippen molar-refractivity contribution in [2.24, 2.45) is 0 Å². The van der Waals surface area contributed by atoms with Crippen LogP contribution in [-0.2, 0) is 24.3 Å². The van der Waals surface area contributed by atoms with Gasteiger partial charge in [0.1, 0.15) is 6.54 Å². The van der Waals surface area contributed by atoms with E-state index in [-0.39, 0.29) is 24.8 Å². The molecule has 0 atom stereocenters.